The van der Waals surface area contributed by atoms with Crippen molar-refractivity contribution in [3.8, 4) is 0 Å². The molecule has 0 saturated heterocycles. The summed E-state index contributed by atoms with van der Waals surface area (Å²) in [5.41, 5.74) is 0. The van der Waals surface area contributed by atoms with Gasteiger partial charge in [-0.25, -0.2) is 8.78 Å². The minimum Gasteiger partial charge on any atom is -0.481 e. The molecule has 110 valence electrons. The van der Waals surface area contributed by atoms with Gasteiger partial charge in [0, 0.05) is 6.54 Å². The average molecular weight is 279 g/mol. The number of nitrogens with one attached hydrogen (secondary N) is 1. The van der Waals surface area contributed by atoms with Gasteiger partial charge in [0.2, 0.25) is 5.91 Å². The molecule has 7 heteroatoms. The van der Waals surface area contributed by atoms with Gasteiger partial charge in [-0.2, -0.15) is 0 Å². The Morgan fingerprint density at radius 1 is 1.37 bits per heavy atom. The highest BCUT2D eigenvalue weighted by atomic mass is 19.3. The van der Waals surface area contributed by atoms with Crippen LogP contribution in [0.25, 0.3) is 0 Å². The molecule has 1 amide bonds. The molecular weight excluding hydrogens is 260 g/mol. The summed E-state index contributed by atoms with van der Waals surface area (Å²) in [7, 11) is 0. The number of carbonyl (C=O) groups is 2. The standard InChI is InChI=1S/C12H19F2NO4/c1-7-4-8(9(5-7)12(17)18)11(16)15-2-3-19-6-10(13)14/h7-10H,2-6H2,1H3,(H,15,16)(H,17,18). The molecule has 1 saturated carbocycles. The topological polar surface area (TPSA) is 75.6 Å². The van der Waals surface area contributed by atoms with Crippen LogP contribution in [0.5, 0.6) is 0 Å². The molecule has 3 unspecified atom stereocenters. The zero-order chi connectivity index (χ0) is 14.4. The maximum absolute atomic E-state index is 11.8. The zero-order valence-electron chi connectivity index (χ0n) is 10.8. The number of amides is 1. The summed E-state index contributed by atoms with van der Waals surface area (Å²) < 4.78 is 28.2. The van der Waals surface area contributed by atoms with Crippen molar-refractivity contribution >= 4 is 11.9 Å². The quantitative estimate of drug-likeness (QED) is 0.685. The third-order valence-corrected chi connectivity index (χ3v) is 3.24. The third kappa shape index (κ3) is 5.10. The number of carbonyl (C=O) groups excluding carboxylic acids is 1. The fraction of sp³-hybridized carbons (Fsp3) is 0.833. The largest absolute Gasteiger partial charge is 0.481 e. The van der Waals surface area contributed by atoms with Gasteiger partial charge in [-0.1, -0.05) is 6.92 Å². The van der Waals surface area contributed by atoms with Crippen LogP contribution in [0.15, 0.2) is 0 Å². The van der Waals surface area contributed by atoms with Crippen LogP contribution in [0.3, 0.4) is 0 Å². The van der Waals surface area contributed by atoms with E-state index < -0.39 is 30.8 Å². The summed E-state index contributed by atoms with van der Waals surface area (Å²) in [6.45, 7) is 1.36. The Balaban J connectivity index is 2.30. The van der Waals surface area contributed by atoms with Crippen molar-refractivity contribution in [1.29, 1.82) is 0 Å². The third-order valence-electron chi connectivity index (χ3n) is 3.24. The highest BCUT2D eigenvalue weighted by Crippen LogP contribution is 2.36. The van der Waals surface area contributed by atoms with E-state index in [1.165, 1.54) is 0 Å². The maximum atomic E-state index is 11.8. The fourth-order valence-corrected chi connectivity index (χ4v) is 2.40. The first-order valence-electron chi connectivity index (χ1n) is 6.28. The monoisotopic (exact) mass is 279 g/mol. The van der Waals surface area contributed by atoms with Gasteiger partial charge in [0.05, 0.1) is 18.4 Å². The Hall–Kier alpha value is -1.24. The highest BCUT2D eigenvalue weighted by Gasteiger charge is 2.40. The van der Waals surface area contributed by atoms with Crippen LogP contribution >= 0.6 is 0 Å². The molecular formula is C12H19F2NO4. The van der Waals surface area contributed by atoms with Crippen LogP contribution < -0.4 is 5.32 Å². The molecule has 3 atom stereocenters. The van der Waals surface area contributed by atoms with Crippen molar-refractivity contribution < 1.29 is 28.2 Å². The summed E-state index contributed by atoms with van der Waals surface area (Å²) in [6, 6.07) is 0. The van der Waals surface area contributed by atoms with Crippen molar-refractivity contribution in [2.45, 2.75) is 26.2 Å². The second-order valence-electron chi connectivity index (χ2n) is 4.88. The van der Waals surface area contributed by atoms with E-state index >= 15 is 0 Å². The van der Waals surface area contributed by atoms with E-state index in [0.29, 0.717) is 12.8 Å². The van der Waals surface area contributed by atoms with Gasteiger partial charge < -0.3 is 15.2 Å². The lowest BCUT2D eigenvalue weighted by molar-refractivity contribution is -0.146. The second kappa shape index (κ2) is 7.37. The first-order chi connectivity index (χ1) is 8.91. The minimum atomic E-state index is -2.53. The number of alkyl halides is 2. The maximum Gasteiger partial charge on any atom is 0.307 e. The van der Waals surface area contributed by atoms with E-state index in [1.54, 1.807) is 0 Å². The molecule has 1 aliphatic rings. The predicted octanol–water partition coefficient (Wildman–Crippen LogP) is 1.13. The number of ether oxygens (including phenoxy) is 1. The molecule has 0 heterocycles. The first-order valence-corrected chi connectivity index (χ1v) is 6.28. The Bertz CT molecular complexity index is 325. The van der Waals surface area contributed by atoms with Gasteiger partial charge in [-0.3, -0.25) is 9.59 Å². The molecule has 1 fully saturated rings. The SMILES string of the molecule is CC1CC(C(=O)O)C(C(=O)NCCOCC(F)F)C1. The van der Waals surface area contributed by atoms with E-state index in [0.717, 1.165) is 0 Å². The normalized spacial score (nSPS) is 26.6. The van der Waals surface area contributed by atoms with E-state index in [4.69, 9.17) is 5.11 Å². The number of rotatable bonds is 7. The number of carboxylic acids is 1. The van der Waals surface area contributed by atoms with Crippen LogP contribution in [0.1, 0.15) is 19.8 Å². The Morgan fingerprint density at radius 3 is 2.58 bits per heavy atom. The van der Waals surface area contributed by atoms with E-state index in [2.05, 4.69) is 10.1 Å². The van der Waals surface area contributed by atoms with E-state index in [-0.39, 0.29) is 25.0 Å². The van der Waals surface area contributed by atoms with Crippen molar-refractivity contribution in [2.24, 2.45) is 17.8 Å². The van der Waals surface area contributed by atoms with Crippen molar-refractivity contribution in [1.82, 2.24) is 5.32 Å². The van der Waals surface area contributed by atoms with E-state index in [9.17, 15) is 18.4 Å². The lowest BCUT2D eigenvalue weighted by atomic mass is 9.95. The molecule has 0 aromatic heterocycles. The Morgan fingerprint density at radius 2 is 2.00 bits per heavy atom. The van der Waals surface area contributed by atoms with Crippen molar-refractivity contribution in [2.75, 3.05) is 19.8 Å². The van der Waals surface area contributed by atoms with Gasteiger partial charge in [0.15, 0.2) is 0 Å². The van der Waals surface area contributed by atoms with Crippen LogP contribution in [-0.2, 0) is 14.3 Å². The number of hydrogen-bond acceptors (Lipinski definition) is 3. The van der Waals surface area contributed by atoms with E-state index in [1.807, 2.05) is 6.92 Å². The van der Waals surface area contributed by atoms with Crippen LogP contribution in [0.4, 0.5) is 8.78 Å². The molecule has 1 rings (SSSR count). The van der Waals surface area contributed by atoms with Gasteiger partial charge in [0.1, 0.15) is 6.61 Å². The molecule has 0 aliphatic heterocycles. The molecule has 0 bridgehead atoms. The van der Waals surface area contributed by atoms with Crippen LogP contribution in [-0.4, -0.2) is 43.2 Å². The minimum absolute atomic E-state index is 0.00388. The summed E-state index contributed by atoms with van der Waals surface area (Å²) >= 11 is 0. The lowest BCUT2D eigenvalue weighted by Gasteiger charge is -2.15. The average Bonchev–Trinajstić information content (AvgIpc) is 2.70. The number of halogens is 2. The van der Waals surface area contributed by atoms with Crippen LogP contribution in [0, 0.1) is 17.8 Å². The molecule has 5 nitrogen and oxygen atoms in total. The number of carboxylic acid groups (broad SMARTS) is 1. The number of hydrogen-bond donors (Lipinski definition) is 2. The van der Waals surface area contributed by atoms with Gasteiger partial charge >= 0.3 is 5.97 Å². The molecule has 1 aliphatic carbocycles. The molecule has 19 heavy (non-hydrogen) atoms. The fourth-order valence-electron chi connectivity index (χ4n) is 2.40. The lowest BCUT2D eigenvalue weighted by Crippen LogP contribution is -2.37. The molecule has 0 spiro atoms. The summed E-state index contributed by atoms with van der Waals surface area (Å²) in [5.74, 6) is -2.29. The Kier molecular flexibility index (Phi) is 6.14. The Labute approximate surface area is 110 Å². The van der Waals surface area contributed by atoms with Gasteiger partial charge in [-0.05, 0) is 18.8 Å². The van der Waals surface area contributed by atoms with Gasteiger partial charge in [0.25, 0.3) is 6.43 Å². The summed E-state index contributed by atoms with van der Waals surface area (Å²) in [5, 5.41) is 11.6. The zero-order valence-corrected chi connectivity index (χ0v) is 10.8. The number of aliphatic carboxylic acids is 1. The van der Waals surface area contributed by atoms with Crippen molar-refractivity contribution in [3.63, 3.8) is 0 Å². The second-order valence-corrected chi connectivity index (χ2v) is 4.88. The van der Waals surface area contributed by atoms with Gasteiger partial charge in [-0.15, -0.1) is 0 Å². The first kappa shape index (κ1) is 15.8. The summed E-state index contributed by atoms with van der Waals surface area (Å²) in [6.07, 6.45) is -1.49. The molecule has 0 radical (unpaired) electrons. The van der Waals surface area contributed by atoms with Crippen molar-refractivity contribution in [3.05, 3.63) is 0 Å². The molecule has 0 aromatic carbocycles. The molecule has 0 aromatic rings. The highest BCUT2D eigenvalue weighted by molar-refractivity contribution is 5.85. The smallest absolute Gasteiger partial charge is 0.307 e. The predicted molar refractivity (Wildman–Crippen MR) is 62.8 cm³/mol. The van der Waals surface area contributed by atoms with Crippen LogP contribution in [0.2, 0.25) is 0 Å². The summed E-state index contributed by atoms with van der Waals surface area (Å²) in [4.78, 5) is 22.8. The molecule has 2 N–H and O–H groups in total.